The van der Waals surface area contributed by atoms with Crippen LogP contribution < -0.4 is 5.73 Å². The summed E-state index contributed by atoms with van der Waals surface area (Å²) in [6, 6.07) is 8.25. The number of hydrogen-bond acceptors (Lipinski definition) is 4. The Kier molecular flexibility index (Phi) is 4.49. The van der Waals surface area contributed by atoms with Crippen LogP contribution in [0.25, 0.3) is 0 Å². The molecule has 0 amide bonds. The number of aryl methyl sites for hydroxylation is 1. The quantitative estimate of drug-likeness (QED) is 0.922. The van der Waals surface area contributed by atoms with E-state index in [0.29, 0.717) is 18.1 Å². The van der Waals surface area contributed by atoms with Gasteiger partial charge in [0.15, 0.2) is 5.82 Å². The van der Waals surface area contributed by atoms with Crippen LogP contribution in [-0.4, -0.2) is 16.2 Å². The predicted molar refractivity (Wildman–Crippen MR) is 73.2 cm³/mol. The van der Waals surface area contributed by atoms with Gasteiger partial charge in [-0.3, -0.25) is 0 Å². The lowest BCUT2D eigenvalue weighted by molar-refractivity contribution is 0.368. The van der Waals surface area contributed by atoms with E-state index < -0.39 is 0 Å². The van der Waals surface area contributed by atoms with Crippen LogP contribution in [0, 0.1) is 0 Å². The molecule has 0 spiro atoms. The van der Waals surface area contributed by atoms with Gasteiger partial charge in [-0.2, -0.15) is 4.98 Å². The number of benzene rings is 1. The van der Waals surface area contributed by atoms with Gasteiger partial charge in [0.1, 0.15) is 0 Å². The second kappa shape index (κ2) is 6.11. The van der Waals surface area contributed by atoms with Gasteiger partial charge in [-0.1, -0.05) is 33.2 Å². The van der Waals surface area contributed by atoms with Crippen LogP contribution in [-0.2, 0) is 12.8 Å². The summed E-state index contributed by atoms with van der Waals surface area (Å²) in [7, 11) is 0. The van der Waals surface area contributed by atoms with Gasteiger partial charge < -0.3 is 10.3 Å². The number of aromatic nitrogens is 2. The molecule has 2 rings (SSSR count). The Morgan fingerprint density at radius 2 is 2.28 bits per heavy atom. The molecule has 1 heterocycles. The summed E-state index contributed by atoms with van der Waals surface area (Å²) >= 11 is 3.44. The molecule has 0 aliphatic heterocycles. The van der Waals surface area contributed by atoms with Crippen LogP contribution in [0.5, 0.6) is 0 Å². The molecule has 18 heavy (non-hydrogen) atoms. The summed E-state index contributed by atoms with van der Waals surface area (Å²) in [5.74, 6) is 1.38. The van der Waals surface area contributed by atoms with Gasteiger partial charge in [0, 0.05) is 23.4 Å². The molecule has 1 aromatic heterocycles. The Morgan fingerprint density at radius 1 is 1.44 bits per heavy atom. The van der Waals surface area contributed by atoms with Crippen LogP contribution in [0.2, 0.25) is 0 Å². The molecule has 96 valence electrons. The van der Waals surface area contributed by atoms with Crippen molar-refractivity contribution in [1.29, 1.82) is 0 Å². The van der Waals surface area contributed by atoms with Crippen molar-refractivity contribution in [3.63, 3.8) is 0 Å². The Labute approximate surface area is 115 Å². The van der Waals surface area contributed by atoms with E-state index in [9.17, 15) is 0 Å². The molecule has 0 aliphatic rings. The highest BCUT2D eigenvalue weighted by atomic mass is 79.9. The molecule has 1 unspecified atom stereocenters. The minimum Gasteiger partial charge on any atom is -0.339 e. The fraction of sp³-hybridized carbons (Fsp3) is 0.385. The third-order valence-electron chi connectivity index (χ3n) is 2.57. The number of hydrogen-bond donors (Lipinski definition) is 1. The average Bonchev–Trinajstić information content (AvgIpc) is 2.74. The highest BCUT2D eigenvalue weighted by Gasteiger charge is 2.08. The molecule has 1 aromatic carbocycles. The maximum atomic E-state index is 5.69. The molecule has 0 bridgehead atoms. The Bertz CT molecular complexity index is 510. The summed E-state index contributed by atoms with van der Waals surface area (Å²) in [6.07, 6.45) is 2.28. The molecule has 0 radical (unpaired) electrons. The maximum absolute atomic E-state index is 5.69. The largest absolute Gasteiger partial charge is 0.339 e. The van der Waals surface area contributed by atoms with Gasteiger partial charge in [0.2, 0.25) is 5.89 Å². The topological polar surface area (TPSA) is 64.9 Å². The lowest BCUT2D eigenvalue weighted by atomic mass is 10.1. The zero-order valence-electron chi connectivity index (χ0n) is 10.3. The molecule has 1 atom stereocenters. The van der Waals surface area contributed by atoms with Crippen molar-refractivity contribution >= 4 is 15.9 Å². The highest BCUT2D eigenvalue weighted by molar-refractivity contribution is 9.10. The number of rotatable bonds is 5. The molecule has 0 saturated carbocycles. The molecule has 2 N–H and O–H groups in total. The van der Waals surface area contributed by atoms with Gasteiger partial charge in [-0.25, -0.2) is 0 Å². The normalized spacial score (nSPS) is 12.6. The van der Waals surface area contributed by atoms with E-state index in [2.05, 4.69) is 32.1 Å². The summed E-state index contributed by atoms with van der Waals surface area (Å²) in [5, 5.41) is 3.98. The number of nitrogens with zero attached hydrogens (tertiary/aromatic N) is 2. The van der Waals surface area contributed by atoms with Crippen molar-refractivity contribution in [3.8, 4) is 0 Å². The van der Waals surface area contributed by atoms with Gasteiger partial charge >= 0.3 is 0 Å². The first-order chi connectivity index (χ1) is 8.63. The van der Waals surface area contributed by atoms with Crippen molar-refractivity contribution in [2.75, 3.05) is 0 Å². The first-order valence-electron chi connectivity index (χ1n) is 5.95. The summed E-state index contributed by atoms with van der Waals surface area (Å²) in [6.45, 7) is 1.97. The van der Waals surface area contributed by atoms with E-state index in [1.165, 1.54) is 0 Å². The molecular formula is C13H16BrN3O. The molecule has 0 saturated heterocycles. The lowest BCUT2D eigenvalue weighted by Crippen LogP contribution is -2.15. The average molecular weight is 310 g/mol. The molecule has 5 heteroatoms. The molecule has 0 fully saturated rings. The summed E-state index contributed by atoms with van der Waals surface area (Å²) < 4.78 is 6.25. The van der Waals surface area contributed by atoms with Gasteiger partial charge in [0.05, 0.1) is 0 Å². The minimum atomic E-state index is 0.158. The van der Waals surface area contributed by atoms with Crippen LogP contribution in [0.15, 0.2) is 33.3 Å². The zero-order valence-corrected chi connectivity index (χ0v) is 11.9. The van der Waals surface area contributed by atoms with Crippen LogP contribution in [0.4, 0.5) is 0 Å². The van der Waals surface area contributed by atoms with Crippen LogP contribution in [0.3, 0.4) is 0 Å². The second-order valence-electron chi connectivity index (χ2n) is 4.43. The first kappa shape index (κ1) is 13.2. The van der Waals surface area contributed by atoms with E-state index >= 15 is 0 Å². The first-order valence-corrected chi connectivity index (χ1v) is 6.74. The van der Waals surface area contributed by atoms with E-state index in [-0.39, 0.29) is 6.04 Å². The third-order valence-corrected chi connectivity index (χ3v) is 3.07. The lowest BCUT2D eigenvalue weighted by Gasteiger charge is -1.99. The van der Waals surface area contributed by atoms with Gasteiger partial charge in [-0.05, 0) is 31.0 Å². The van der Waals surface area contributed by atoms with Crippen molar-refractivity contribution in [3.05, 3.63) is 46.0 Å². The smallest absolute Gasteiger partial charge is 0.226 e. The third kappa shape index (κ3) is 3.92. The van der Waals surface area contributed by atoms with E-state index in [1.54, 1.807) is 0 Å². The molecule has 2 aromatic rings. The van der Waals surface area contributed by atoms with Crippen LogP contribution >= 0.6 is 15.9 Å². The van der Waals surface area contributed by atoms with E-state index in [1.807, 2.05) is 25.1 Å². The summed E-state index contributed by atoms with van der Waals surface area (Å²) in [5.41, 5.74) is 6.85. The molecule has 0 aliphatic carbocycles. The second-order valence-corrected chi connectivity index (χ2v) is 5.34. The van der Waals surface area contributed by atoms with E-state index in [4.69, 9.17) is 10.3 Å². The van der Waals surface area contributed by atoms with E-state index in [0.717, 1.165) is 22.9 Å². The fourth-order valence-corrected chi connectivity index (χ4v) is 2.09. The van der Waals surface area contributed by atoms with Crippen molar-refractivity contribution in [1.82, 2.24) is 10.1 Å². The monoisotopic (exact) mass is 309 g/mol. The summed E-state index contributed by atoms with van der Waals surface area (Å²) in [4.78, 5) is 4.36. The molecular weight excluding hydrogens is 294 g/mol. The zero-order chi connectivity index (χ0) is 13.0. The molecule has 4 nitrogen and oxygen atoms in total. The minimum absolute atomic E-state index is 0.158. The SMILES string of the molecule is CC(N)CCc1nc(Cc2cccc(Br)c2)no1. The fourth-order valence-electron chi connectivity index (χ4n) is 1.64. The predicted octanol–water partition coefficient (Wildman–Crippen LogP) is 2.70. The van der Waals surface area contributed by atoms with Gasteiger partial charge in [-0.15, -0.1) is 0 Å². The van der Waals surface area contributed by atoms with Crippen molar-refractivity contribution in [2.24, 2.45) is 5.73 Å². The van der Waals surface area contributed by atoms with Gasteiger partial charge in [0.25, 0.3) is 0 Å². The number of halogens is 1. The van der Waals surface area contributed by atoms with Crippen molar-refractivity contribution < 1.29 is 4.52 Å². The maximum Gasteiger partial charge on any atom is 0.226 e. The Hall–Kier alpha value is -1.20. The van der Waals surface area contributed by atoms with Crippen LogP contribution in [0.1, 0.15) is 30.6 Å². The standard InChI is InChI=1S/C13H16BrN3O/c1-9(15)5-6-13-16-12(17-18-13)8-10-3-2-4-11(14)7-10/h2-4,7,9H,5-6,8,15H2,1H3. The Balaban J connectivity index is 1.98. The Morgan fingerprint density at radius 3 is 3.00 bits per heavy atom. The number of nitrogens with two attached hydrogens (primary N) is 1. The highest BCUT2D eigenvalue weighted by Crippen LogP contribution is 2.14. The van der Waals surface area contributed by atoms with Crippen molar-refractivity contribution in [2.45, 2.75) is 32.2 Å².